The first-order valence-electron chi connectivity index (χ1n) is 7.57. The summed E-state index contributed by atoms with van der Waals surface area (Å²) in [6.07, 6.45) is -1.56. The normalized spacial score (nSPS) is 26.9. The van der Waals surface area contributed by atoms with Crippen molar-refractivity contribution in [2.75, 3.05) is 17.2 Å². The second-order valence-electron chi connectivity index (χ2n) is 5.70. The van der Waals surface area contributed by atoms with Gasteiger partial charge in [0.15, 0.2) is 6.23 Å². The van der Waals surface area contributed by atoms with Crippen LogP contribution in [-0.4, -0.2) is 55.5 Å². The van der Waals surface area contributed by atoms with E-state index in [2.05, 4.69) is 4.98 Å². The molecule has 1 aromatic heterocycles. The van der Waals surface area contributed by atoms with Gasteiger partial charge in [0, 0.05) is 17.9 Å². The number of aliphatic hydroxyl groups is 2. The number of primary amides is 1. The maximum Gasteiger partial charge on any atom is 0.218 e. The maximum atomic E-state index is 10.7. The van der Waals surface area contributed by atoms with Gasteiger partial charge in [-0.2, -0.15) is 11.8 Å². The molecule has 2 heterocycles. The van der Waals surface area contributed by atoms with Gasteiger partial charge in [-0.25, -0.2) is 4.98 Å². The average molecular weight is 352 g/mol. The van der Waals surface area contributed by atoms with Crippen LogP contribution in [0.5, 0.6) is 0 Å². The minimum absolute atomic E-state index is 0.269. The van der Waals surface area contributed by atoms with Crippen molar-refractivity contribution in [3.05, 3.63) is 24.5 Å². The van der Waals surface area contributed by atoms with Crippen LogP contribution < -0.4 is 11.5 Å². The number of hydrogen-bond donors (Lipinski definition) is 4. The first-order valence-corrected chi connectivity index (χ1v) is 8.73. The smallest absolute Gasteiger partial charge is 0.218 e. The number of thioether (sulfide) groups is 1. The Morgan fingerprint density at radius 1 is 1.38 bits per heavy atom. The fourth-order valence-electron chi connectivity index (χ4n) is 2.75. The summed E-state index contributed by atoms with van der Waals surface area (Å²) in [6.45, 7) is 0. The van der Waals surface area contributed by atoms with Crippen molar-refractivity contribution in [2.24, 2.45) is 5.73 Å². The number of aromatic nitrogens is 2. The van der Waals surface area contributed by atoms with Crippen LogP contribution in [0, 0.1) is 0 Å². The van der Waals surface area contributed by atoms with Crippen molar-refractivity contribution in [1.82, 2.24) is 9.55 Å². The van der Waals surface area contributed by atoms with E-state index in [9.17, 15) is 15.0 Å². The van der Waals surface area contributed by atoms with Gasteiger partial charge in [-0.1, -0.05) is 6.07 Å². The molecule has 1 aliphatic rings. The predicted octanol–water partition coefficient (Wildman–Crippen LogP) is -0.154. The number of nitrogens with two attached hydrogens (primary N) is 2. The number of rotatable bonds is 6. The summed E-state index contributed by atoms with van der Waals surface area (Å²) in [5.41, 5.74) is 12.9. The maximum absolute atomic E-state index is 10.7. The standard InChI is InChI=1S/C15H20N4O4S/c16-8-2-1-3-9-12(8)18-7-19(9)15-14(22)13(21)10(23-15)6-24-5-4-11(17)20/h1-3,7,10,13-15,21-22H,4-6,16H2,(H2,17,20)/t10-,13-,14-,15-/m1/s1. The van der Waals surface area contributed by atoms with Crippen LogP contribution in [0.2, 0.25) is 0 Å². The highest BCUT2D eigenvalue weighted by Crippen LogP contribution is 2.34. The van der Waals surface area contributed by atoms with E-state index in [1.165, 1.54) is 11.8 Å². The molecule has 1 amide bonds. The van der Waals surface area contributed by atoms with Crippen molar-refractivity contribution in [3.8, 4) is 0 Å². The molecule has 3 rings (SSSR count). The van der Waals surface area contributed by atoms with E-state index in [4.69, 9.17) is 16.2 Å². The lowest BCUT2D eigenvalue weighted by Gasteiger charge is -2.17. The summed E-state index contributed by atoms with van der Waals surface area (Å²) >= 11 is 1.45. The number of fused-ring (bicyclic) bond motifs is 1. The van der Waals surface area contributed by atoms with Gasteiger partial charge in [0.2, 0.25) is 5.91 Å². The van der Waals surface area contributed by atoms with Gasteiger partial charge in [-0.05, 0) is 12.1 Å². The van der Waals surface area contributed by atoms with Gasteiger partial charge in [0.25, 0.3) is 0 Å². The average Bonchev–Trinajstić information content (AvgIpc) is 3.08. The van der Waals surface area contributed by atoms with E-state index in [0.29, 0.717) is 22.7 Å². The van der Waals surface area contributed by atoms with E-state index in [1.807, 2.05) is 6.07 Å². The molecule has 9 heteroatoms. The highest BCUT2D eigenvalue weighted by molar-refractivity contribution is 7.99. The van der Waals surface area contributed by atoms with Crippen molar-refractivity contribution in [2.45, 2.75) is 31.0 Å². The van der Waals surface area contributed by atoms with Crippen molar-refractivity contribution in [3.63, 3.8) is 0 Å². The number of nitrogens with zero attached hydrogens (tertiary/aromatic N) is 2. The molecule has 0 bridgehead atoms. The number of carbonyl (C=O) groups excluding carboxylic acids is 1. The lowest BCUT2D eigenvalue weighted by molar-refractivity contribution is -0.117. The molecule has 8 nitrogen and oxygen atoms in total. The Bertz CT molecular complexity index is 737. The van der Waals surface area contributed by atoms with Crippen molar-refractivity contribution in [1.29, 1.82) is 0 Å². The molecule has 0 saturated carbocycles. The molecule has 0 spiro atoms. The summed E-state index contributed by atoms with van der Waals surface area (Å²) in [5, 5.41) is 20.6. The van der Waals surface area contributed by atoms with Crippen LogP contribution >= 0.6 is 11.8 Å². The number of para-hydroxylation sites is 1. The monoisotopic (exact) mass is 352 g/mol. The molecule has 0 aliphatic carbocycles. The fourth-order valence-corrected chi connectivity index (χ4v) is 3.77. The number of aliphatic hydroxyl groups excluding tert-OH is 2. The Hall–Kier alpha value is -1.81. The molecule has 130 valence electrons. The summed E-state index contributed by atoms with van der Waals surface area (Å²) in [5.74, 6) is 0.639. The van der Waals surface area contributed by atoms with Crippen LogP contribution in [0.3, 0.4) is 0 Å². The van der Waals surface area contributed by atoms with Gasteiger partial charge in [0.1, 0.15) is 17.7 Å². The molecular formula is C15H20N4O4S. The molecule has 1 saturated heterocycles. The number of imidazole rings is 1. The first kappa shape index (κ1) is 17.0. The zero-order chi connectivity index (χ0) is 17.3. The zero-order valence-electron chi connectivity index (χ0n) is 12.9. The molecule has 1 aromatic carbocycles. The molecule has 2 aromatic rings. The highest BCUT2D eigenvalue weighted by atomic mass is 32.2. The SMILES string of the molecule is NC(=O)CCSC[C@H]1O[C@@H](n2cnc3c(N)cccc32)[C@H](O)[C@@H]1O. The summed E-state index contributed by atoms with van der Waals surface area (Å²) in [7, 11) is 0. The van der Waals surface area contributed by atoms with Crippen LogP contribution in [0.15, 0.2) is 24.5 Å². The van der Waals surface area contributed by atoms with E-state index < -0.39 is 24.5 Å². The third-order valence-corrected chi connectivity index (χ3v) is 5.08. The molecule has 1 aliphatic heterocycles. The summed E-state index contributed by atoms with van der Waals surface area (Å²) < 4.78 is 7.50. The van der Waals surface area contributed by atoms with Crippen molar-refractivity contribution < 1.29 is 19.7 Å². The molecule has 0 unspecified atom stereocenters. The highest BCUT2D eigenvalue weighted by Gasteiger charge is 2.43. The van der Waals surface area contributed by atoms with E-state index in [0.717, 1.165) is 5.52 Å². The minimum atomic E-state index is -1.08. The van der Waals surface area contributed by atoms with Gasteiger partial charge >= 0.3 is 0 Å². The number of ether oxygens (including phenoxy) is 1. The molecule has 24 heavy (non-hydrogen) atoms. The second-order valence-corrected chi connectivity index (χ2v) is 6.85. The van der Waals surface area contributed by atoms with Crippen LogP contribution in [0.4, 0.5) is 5.69 Å². The van der Waals surface area contributed by atoms with Crippen molar-refractivity contribution >= 4 is 34.4 Å². The largest absolute Gasteiger partial charge is 0.397 e. The Morgan fingerprint density at radius 3 is 2.92 bits per heavy atom. The Kier molecular flexibility index (Phi) is 4.95. The topological polar surface area (TPSA) is 137 Å². The summed E-state index contributed by atoms with van der Waals surface area (Å²) in [6, 6.07) is 5.37. The van der Waals surface area contributed by atoms with E-state index >= 15 is 0 Å². The predicted molar refractivity (Wildman–Crippen MR) is 91.2 cm³/mol. The van der Waals surface area contributed by atoms with Gasteiger partial charge in [0.05, 0.1) is 23.6 Å². The lowest BCUT2D eigenvalue weighted by atomic mass is 10.1. The third kappa shape index (κ3) is 3.20. The van der Waals surface area contributed by atoms with Gasteiger partial charge < -0.3 is 31.0 Å². The molecular weight excluding hydrogens is 332 g/mol. The second kappa shape index (κ2) is 6.98. The van der Waals surface area contributed by atoms with Crippen LogP contribution in [0.25, 0.3) is 11.0 Å². The number of amides is 1. The third-order valence-electron chi connectivity index (χ3n) is 4.02. The van der Waals surface area contributed by atoms with E-state index in [-0.39, 0.29) is 12.3 Å². The number of anilines is 1. The molecule has 1 fully saturated rings. The Labute approximate surface area is 142 Å². The number of nitrogen functional groups attached to an aromatic ring is 1. The lowest BCUT2D eigenvalue weighted by Crippen LogP contribution is -2.32. The molecule has 4 atom stereocenters. The fraction of sp³-hybridized carbons (Fsp3) is 0.467. The van der Waals surface area contributed by atoms with E-state index in [1.54, 1.807) is 23.0 Å². The molecule has 0 radical (unpaired) electrons. The van der Waals surface area contributed by atoms with Gasteiger partial charge in [-0.15, -0.1) is 0 Å². The summed E-state index contributed by atoms with van der Waals surface area (Å²) in [4.78, 5) is 15.0. The number of hydrogen-bond acceptors (Lipinski definition) is 7. The zero-order valence-corrected chi connectivity index (χ0v) is 13.7. The molecule has 6 N–H and O–H groups in total. The van der Waals surface area contributed by atoms with Crippen LogP contribution in [0.1, 0.15) is 12.6 Å². The Balaban J connectivity index is 1.72. The quantitative estimate of drug-likeness (QED) is 0.419. The van der Waals surface area contributed by atoms with Crippen LogP contribution in [-0.2, 0) is 9.53 Å². The number of carbonyl (C=O) groups is 1. The first-order chi connectivity index (χ1) is 11.5. The number of benzene rings is 1. The Morgan fingerprint density at radius 2 is 2.17 bits per heavy atom. The minimum Gasteiger partial charge on any atom is -0.397 e. The van der Waals surface area contributed by atoms with Gasteiger partial charge in [-0.3, -0.25) is 4.79 Å².